The van der Waals surface area contributed by atoms with Gasteiger partial charge in [0.1, 0.15) is 11.6 Å². The van der Waals surface area contributed by atoms with Gasteiger partial charge in [0.05, 0.1) is 18.8 Å². The van der Waals surface area contributed by atoms with Crippen molar-refractivity contribution in [1.29, 1.82) is 5.26 Å². The first-order valence-corrected chi connectivity index (χ1v) is 5.96. The van der Waals surface area contributed by atoms with Gasteiger partial charge in [0.2, 0.25) is 0 Å². The molecule has 2 rings (SSSR count). The molecule has 0 spiro atoms. The Hall–Kier alpha value is -1.55. The number of halogens is 2. The molecule has 1 aromatic carbocycles. The van der Waals surface area contributed by atoms with Crippen LogP contribution in [0.15, 0.2) is 18.2 Å². The van der Waals surface area contributed by atoms with E-state index in [1.165, 1.54) is 0 Å². The molecule has 0 amide bonds. The maximum atomic E-state index is 13.5. The Balaban J connectivity index is 2.02. The summed E-state index contributed by atoms with van der Waals surface area (Å²) in [5.74, 6) is -1.23. The molecule has 0 aliphatic carbocycles. The third-order valence-electron chi connectivity index (χ3n) is 3.04. The number of hydrogen-bond acceptors (Lipinski definition) is 4. The Bertz CT molecular complexity index is 490. The molecule has 4 nitrogen and oxygen atoms in total. The molecule has 1 N–H and O–H groups in total. The van der Waals surface area contributed by atoms with Crippen LogP contribution in [0.1, 0.15) is 11.7 Å². The summed E-state index contributed by atoms with van der Waals surface area (Å²) in [5, 5.41) is 18.7. The van der Waals surface area contributed by atoms with Gasteiger partial charge in [-0.2, -0.15) is 5.26 Å². The predicted octanol–water partition coefficient (Wildman–Crippen LogP) is 1.22. The van der Waals surface area contributed by atoms with Gasteiger partial charge in [0.25, 0.3) is 0 Å². The Morgan fingerprint density at radius 1 is 1.53 bits per heavy atom. The minimum atomic E-state index is -1.13. The van der Waals surface area contributed by atoms with Gasteiger partial charge in [-0.05, 0) is 18.2 Å². The van der Waals surface area contributed by atoms with E-state index >= 15 is 0 Å². The standard InChI is InChI=1S/C13H14F2N2O2/c14-9-1-2-12(15)11(5-9)13(18)8-17-3-4-19-10(6-16)7-17/h1-2,5,10,13,18H,3-4,7-8H2. The summed E-state index contributed by atoms with van der Waals surface area (Å²) in [6.07, 6.45) is -1.67. The molecule has 2 atom stereocenters. The van der Waals surface area contributed by atoms with Gasteiger partial charge in [0, 0.05) is 25.2 Å². The van der Waals surface area contributed by atoms with E-state index in [4.69, 9.17) is 10.00 Å². The van der Waals surface area contributed by atoms with Crippen molar-refractivity contribution in [3.8, 4) is 6.07 Å². The molecule has 1 aromatic rings. The molecular formula is C13H14F2N2O2. The summed E-state index contributed by atoms with van der Waals surface area (Å²) in [4.78, 5) is 1.80. The van der Waals surface area contributed by atoms with E-state index < -0.39 is 23.8 Å². The highest BCUT2D eigenvalue weighted by Crippen LogP contribution is 2.20. The summed E-state index contributed by atoms with van der Waals surface area (Å²) in [6, 6.07) is 4.97. The minimum Gasteiger partial charge on any atom is -0.387 e. The number of β-amino-alcohol motifs (C(OH)–C–C–N with tert-alkyl or cyclic N) is 1. The number of aliphatic hydroxyl groups excluding tert-OH is 1. The number of hydrogen-bond donors (Lipinski definition) is 1. The third kappa shape index (κ3) is 3.47. The van der Waals surface area contributed by atoms with Crippen LogP contribution in [0, 0.1) is 23.0 Å². The van der Waals surface area contributed by atoms with Gasteiger partial charge >= 0.3 is 0 Å². The van der Waals surface area contributed by atoms with Crippen LogP contribution in [-0.4, -0.2) is 42.4 Å². The van der Waals surface area contributed by atoms with Gasteiger partial charge in [-0.1, -0.05) is 0 Å². The van der Waals surface area contributed by atoms with Crippen molar-refractivity contribution in [2.45, 2.75) is 12.2 Å². The highest BCUT2D eigenvalue weighted by atomic mass is 19.1. The van der Waals surface area contributed by atoms with Gasteiger partial charge in [-0.3, -0.25) is 4.90 Å². The van der Waals surface area contributed by atoms with Crippen molar-refractivity contribution in [1.82, 2.24) is 4.90 Å². The van der Waals surface area contributed by atoms with Crippen molar-refractivity contribution in [3.63, 3.8) is 0 Å². The lowest BCUT2D eigenvalue weighted by Gasteiger charge is -2.31. The summed E-state index contributed by atoms with van der Waals surface area (Å²) in [5.41, 5.74) is -0.0694. The molecule has 0 saturated carbocycles. The van der Waals surface area contributed by atoms with Crippen LogP contribution >= 0.6 is 0 Å². The monoisotopic (exact) mass is 268 g/mol. The number of nitrogens with zero attached hydrogens (tertiary/aromatic N) is 2. The van der Waals surface area contributed by atoms with Gasteiger partial charge in [-0.15, -0.1) is 0 Å². The molecule has 102 valence electrons. The summed E-state index contributed by atoms with van der Waals surface area (Å²) < 4.78 is 31.7. The zero-order valence-corrected chi connectivity index (χ0v) is 10.2. The quantitative estimate of drug-likeness (QED) is 0.895. The number of ether oxygens (including phenoxy) is 1. The summed E-state index contributed by atoms with van der Waals surface area (Å²) in [6.45, 7) is 1.43. The van der Waals surface area contributed by atoms with Crippen molar-refractivity contribution in [2.75, 3.05) is 26.2 Å². The average Bonchev–Trinajstić information content (AvgIpc) is 2.41. The zero-order valence-electron chi connectivity index (χ0n) is 10.2. The SMILES string of the molecule is N#CC1CN(CC(O)c2cc(F)ccc2F)CCO1. The number of nitriles is 1. The van der Waals surface area contributed by atoms with Crippen LogP contribution in [-0.2, 0) is 4.74 Å². The highest BCUT2D eigenvalue weighted by Gasteiger charge is 2.23. The second-order valence-corrected chi connectivity index (χ2v) is 4.43. The second kappa shape index (κ2) is 6.06. The topological polar surface area (TPSA) is 56.5 Å². The molecule has 1 aliphatic rings. The number of rotatable bonds is 3. The molecular weight excluding hydrogens is 254 g/mol. The molecule has 1 aliphatic heterocycles. The third-order valence-corrected chi connectivity index (χ3v) is 3.04. The Morgan fingerprint density at radius 2 is 2.32 bits per heavy atom. The average molecular weight is 268 g/mol. The first-order valence-electron chi connectivity index (χ1n) is 5.96. The van der Waals surface area contributed by atoms with Crippen molar-refractivity contribution in [2.24, 2.45) is 0 Å². The van der Waals surface area contributed by atoms with E-state index in [1.54, 1.807) is 4.90 Å². The predicted molar refractivity (Wildman–Crippen MR) is 63.1 cm³/mol. The Kier molecular flexibility index (Phi) is 4.43. The van der Waals surface area contributed by atoms with E-state index in [-0.39, 0.29) is 12.1 Å². The normalized spacial score (nSPS) is 21.9. The van der Waals surface area contributed by atoms with Crippen molar-refractivity contribution in [3.05, 3.63) is 35.4 Å². The maximum Gasteiger partial charge on any atom is 0.156 e. The Labute approximate surface area is 109 Å². The van der Waals surface area contributed by atoms with Crippen LogP contribution in [0.2, 0.25) is 0 Å². The molecule has 1 heterocycles. The molecule has 0 aromatic heterocycles. The van der Waals surface area contributed by atoms with Crippen molar-refractivity contribution < 1.29 is 18.6 Å². The molecule has 19 heavy (non-hydrogen) atoms. The first-order chi connectivity index (χ1) is 9.10. The minimum absolute atomic E-state index is 0.0694. The zero-order chi connectivity index (χ0) is 13.8. The van der Waals surface area contributed by atoms with Crippen LogP contribution in [0.25, 0.3) is 0 Å². The first kappa shape index (κ1) is 13.9. The second-order valence-electron chi connectivity index (χ2n) is 4.43. The molecule has 6 heteroatoms. The van der Waals surface area contributed by atoms with E-state index in [9.17, 15) is 13.9 Å². The highest BCUT2D eigenvalue weighted by molar-refractivity contribution is 5.21. The van der Waals surface area contributed by atoms with E-state index in [2.05, 4.69) is 0 Å². The fourth-order valence-corrected chi connectivity index (χ4v) is 2.06. The van der Waals surface area contributed by atoms with E-state index in [1.807, 2.05) is 6.07 Å². The number of benzene rings is 1. The molecule has 2 unspecified atom stereocenters. The fraction of sp³-hybridized carbons (Fsp3) is 0.462. The lowest BCUT2D eigenvalue weighted by Crippen LogP contribution is -2.43. The van der Waals surface area contributed by atoms with Gasteiger partial charge in [0.15, 0.2) is 6.10 Å². The van der Waals surface area contributed by atoms with Gasteiger partial charge < -0.3 is 9.84 Å². The lowest BCUT2D eigenvalue weighted by atomic mass is 10.1. The van der Waals surface area contributed by atoms with Crippen LogP contribution in [0.5, 0.6) is 0 Å². The maximum absolute atomic E-state index is 13.5. The number of morpholine rings is 1. The van der Waals surface area contributed by atoms with Crippen LogP contribution in [0.3, 0.4) is 0 Å². The lowest BCUT2D eigenvalue weighted by molar-refractivity contribution is -0.0163. The van der Waals surface area contributed by atoms with Gasteiger partial charge in [-0.25, -0.2) is 8.78 Å². The van der Waals surface area contributed by atoms with E-state index in [0.29, 0.717) is 19.7 Å². The largest absolute Gasteiger partial charge is 0.387 e. The van der Waals surface area contributed by atoms with Crippen molar-refractivity contribution >= 4 is 0 Å². The summed E-state index contributed by atoms with van der Waals surface area (Å²) >= 11 is 0. The molecule has 1 fully saturated rings. The Morgan fingerprint density at radius 3 is 3.05 bits per heavy atom. The fourth-order valence-electron chi connectivity index (χ4n) is 2.06. The smallest absolute Gasteiger partial charge is 0.156 e. The van der Waals surface area contributed by atoms with Crippen LogP contribution < -0.4 is 0 Å². The van der Waals surface area contributed by atoms with E-state index in [0.717, 1.165) is 18.2 Å². The molecule has 0 bridgehead atoms. The van der Waals surface area contributed by atoms with Crippen LogP contribution in [0.4, 0.5) is 8.78 Å². The number of aliphatic hydroxyl groups is 1. The summed E-state index contributed by atoms with van der Waals surface area (Å²) in [7, 11) is 0. The molecule has 1 saturated heterocycles. The molecule has 0 radical (unpaired) electrons.